The number of rotatable bonds is 8. The summed E-state index contributed by atoms with van der Waals surface area (Å²) in [5, 5.41) is 0. The molecule has 0 heterocycles. The van der Waals surface area contributed by atoms with Crippen molar-refractivity contribution < 1.29 is 14.3 Å². The third-order valence-electron chi connectivity index (χ3n) is 3.76. The first-order valence-electron chi connectivity index (χ1n) is 8.80. The van der Waals surface area contributed by atoms with Crippen molar-refractivity contribution in [1.29, 1.82) is 0 Å². The van der Waals surface area contributed by atoms with Gasteiger partial charge in [0.1, 0.15) is 12.4 Å². The smallest absolute Gasteiger partial charge is 0.337 e. The monoisotopic (exact) mass is 355 g/mol. The number of hydrogen-bond acceptors (Lipinski definition) is 4. The zero-order valence-corrected chi connectivity index (χ0v) is 16.6. The van der Waals surface area contributed by atoms with Gasteiger partial charge in [-0.3, -0.25) is 4.99 Å². The maximum Gasteiger partial charge on any atom is 0.337 e. The van der Waals surface area contributed by atoms with Crippen LogP contribution < -0.4 is 0 Å². The van der Waals surface area contributed by atoms with Crippen molar-refractivity contribution in [3.63, 3.8) is 0 Å². The number of benzene rings is 1. The van der Waals surface area contributed by atoms with E-state index in [9.17, 15) is 4.79 Å². The van der Waals surface area contributed by atoms with Gasteiger partial charge in [-0.05, 0) is 53.2 Å². The van der Waals surface area contributed by atoms with E-state index in [2.05, 4.69) is 4.99 Å². The van der Waals surface area contributed by atoms with Crippen LogP contribution in [-0.4, -0.2) is 18.3 Å². The van der Waals surface area contributed by atoms with Gasteiger partial charge in [-0.2, -0.15) is 0 Å². The predicted octanol–water partition coefficient (Wildman–Crippen LogP) is 5.37. The van der Waals surface area contributed by atoms with Crippen molar-refractivity contribution in [2.45, 2.75) is 48.1 Å². The van der Waals surface area contributed by atoms with E-state index in [-0.39, 0.29) is 5.97 Å². The Morgan fingerprint density at radius 3 is 2.27 bits per heavy atom. The van der Waals surface area contributed by atoms with Crippen molar-refractivity contribution in [3.8, 4) is 0 Å². The van der Waals surface area contributed by atoms with Crippen LogP contribution in [0.3, 0.4) is 0 Å². The number of ether oxygens (including phenoxy) is 2. The number of nitrogens with zero attached hydrogens (tertiary/aromatic N) is 1. The number of allylic oxidation sites excluding steroid dienone is 4. The Bertz CT molecular complexity index is 721. The highest BCUT2D eigenvalue weighted by Gasteiger charge is 2.12. The highest BCUT2D eigenvalue weighted by Crippen LogP contribution is 2.14. The van der Waals surface area contributed by atoms with Gasteiger partial charge in [0.2, 0.25) is 0 Å². The van der Waals surface area contributed by atoms with Gasteiger partial charge in [0, 0.05) is 5.70 Å². The van der Waals surface area contributed by atoms with Gasteiger partial charge >= 0.3 is 5.97 Å². The van der Waals surface area contributed by atoms with E-state index in [4.69, 9.17) is 9.47 Å². The molecule has 4 heteroatoms. The van der Waals surface area contributed by atoms with Crippen molar-refractivity contribution in [1.82, 2.24) is 0 Å². The van der Waals surface area contributed by atoms with Gasteiger partial charge in [0.25, 0.3) is 0 Å². The minimum atomic E-state index is -0.373. The van der Waals surface area contributed by atoms with Crippen LogP contribution in [0.5, 0.6) is 0 Å². The molecule has 1 aromatic rings. The molecular weight excluding hydrogens is 326 g/mol. The topological polar surface area (TPSA) is 47.9 Å². The summed E-state index contributed by atoms with van der Waals surface area (Å²) in [4.78, 5) is 16.7. The van der Waals surface area contributed by atoms with Gasteiger partial charge in [0.05, 0.1) is 17.9 Å². The van der Waals surface area contributed by atoms with E-state index in [0.29, 0.717) is 30.3 Å². The molecule has 0 radical (unpaired) electrons. The van der Waals surface area contributed by atoms with Crippen LogP contribution in [0, 0.1) is 0 Å². The summed E-state index contributed by atoms with van der Waals surface area (Å²) in [5.41, 5.74) is 4.25. The summed E-state index contributed by atoms with van der Waals surface area (Å²) >= 11 is 0. The average molecular weight is 355 g/mol. The van der Waals surface area contributed by atoms with E-state index in [1.54, 1.807) is 26.0 Å². The summed E-state index contributed by atoms with van der Waals surface area (Å²) in [6.45, 7) is 12.2. The summed E-state index contributed by atoms with van der Waals surface area (Å²) in [7, 11) is 0. The molecule has 0 atom stereocenters. The lowest BCUT2D eigenvalue weighted by molar-refractivity contribution is -0.138. The molecule has 0 saturated carbocycles. The molecule has 1 aromatic carbocycles. The fraction of sp³-hybridized carbons (Fsp3) is 0.364. The SMILES string of the molecule is C/C=C(\C=C(\OCc1ccccc1)C(C)=NC(C)=C(C)C)C(=O)OCC. The molecule has 0 bridgehead atoms. The first-order valence-corrected chi connectivity index (χ1v) is 8.80. The van der Waals surface area contributed by atoms with Crippen LogP contribution in [0.4, 0.5) is 0 Å². The number of carbonyl (C=O) groups excluding carboxylic acids is 1. The molecule has 4 nitrogen and oxygen atoms in total. The molecule has 0 aromatic heterocycles. The second-order valence-electron chi connectivity index (χ2n) is 6.03. The Kier molecular flexibility index (Phi) is 9.13. The van der Waals surface area contributed by atoms with E-state index in [1.165, 1.54) is 0 Å². The predicted molar refractivity (Wildman–Crippen MR) is 107 cm³/mol. The Hall–Kier alpha value is -2.62. The lowest BCUT2D eigenvalue weighted by Crippen LogP contribution is -2.10. The zero-order chi connectivity index (χ0) is 19.5. The van der Waals surface area contributed by atoms with E-state index >= 15 is 0 Å². The van der Waals surface area contributed by atoms with Gasteiger partial charge in [-0.1, -0.05) is 42.0 Å². The van der Waals surface area contributed by atoms with Crippen LogP contribution in [0.15, 0.2) is 70.1 Å². The highest BCUT2D eigenvalue weighted by atomic mass is 16.5. The molecule has 0 N–H and O–H groups in total. The summed E-state index contributed by atoms with van der Waals surface area (Å²) in [6.07, 6.45) is 3.41. The molecule has 1 rings (SSSR count). The maximum absolute atomic E-state index is 12.1. The summed E-state index contributed by atoms with van der Waals surface area (Å²) < 4.78 is 11.1. The summed E-state index contributed by atoms with van der Waals surface area (Å²) in [6, 6.07) is 9.88. The number of esters is 1. The number of hydrogen-bond donors (Lipinski definition) is 0. The van der Waals surface area contributed by atoms with Crippen LogP contribution in [0.2, 0.25) is 0 Å². The van der Waals surface area contributed by atoms with Crippen molar-refractivity contribution in [3.05, 3.63) is 70.6 Å². The van der Waals surface area contributed by atoms with E-state index in [1.807, 2.05) is 58.0 Å². The molecule has 0 spiro atoms. The second-order valence-corrected chi connectivity index (χ2v) is 6.03. The van der Waals surface area contributed by atoms with Gasteiger partial charge in [-0.15, -0.1) is 0 Å². The normalized spacial score (nSPS) is 12.6. The molecule has 0 aliphatic rings. The molecule has 140 valence electrons. The minimum absolute atomic E-state index is 0.328. The Balaban J connectivity index is 3.17. The minimum Gasteiger partial charge on any atom is -0.487 e. The van der Waals surface area contributed by atoms with Crippen molar-refractivity contribution >= 4 is 11.7 Å². The lowest BCUT2D eigenvalue weighted by Gasteiger charge is -2.12. The number of aliphatic imine (C=N–C) groups is 1. The van der Waals surface area contributed by atoms with E-state index < -0.39 is 0 Å². The van der Waals surface area contributed by atoms with Gasteiger partial charge < -0.3 is 9.47 Å². The van der Waals surface area contributed by atoms with Crippen LogP contribution in [0.25, 0.3) is 0 Å². The zero-order valence-electron chi connectivity index (χ0n) is 16.6. The highest BCUT2D eigenvalue weighted by molar-refractivity contribution is 6.00. The van der Waals surface area contributed by atoms with Crippen molar-refractivity contribution in [2.24, 2.45) is 4.99 Å². The molecule has 0 aliphatic heterocycles. The fourth-order valence-corrected chi connectivity index (χ4v) is 2.02. The van der Waals surface area contributed by atoms with Gasteiger partial charge in [0.15, 0.2) is 0 Å². The number of carbonyl (C=O) groups is 1. The molecule has 26 heavy (non-hydrogen) atoms. The quantitative estimate of drug-likeness (QED) is 0.207. The second kappa shape index (κ2) is 11.1. The van der Waals surface area contributed by atoms with Crippen LogP contribution in [0.1, 0.15) is 47.1 Å². The Labute approximate surface area is 156 Å². The molecular formula is C22H29NO3. The first kappa shape index (κ1) is 21.4. The third-order valence-corrected chi connectivity index (χ3v) is 3.76. The lowest BCUT2D eigenvalue weighted by atomic mass is 10.2. The fourth-order valence-electron chi connectivity index (χ4n) is 2.02. The van der Waals surface area contributed by atoms with Crippen molar-refractivity contribution in [2.75, 3.05) is 6.61 Å². The maximum atomic E-state index is 12.1. The largest absolute Gasteiger partial charge is 0.487 e. The third kappa shape index (κ3) is 7.09. The Morgan fingerprint density at radius 1 is 1.08 bits per heavy atom. The Morgan fingerprint density at radius 2 is 1.73 bits per heavy atom. The average Bonchev–Trinajstić information content (AvgIpc) is 2.62. The molecule has 0 amide bonds. The standard InChI is InChI=1S/C22H29NO3/c1-7-20(22(24)25-8-2)14-21(18(6)23-17(5)16(3)4)26-15-19-12-10-9-11-13-19/h7,9-14H,8,15H2,1-6H3/b20-7+,21-14+,23-18?. The molecule has 0 unspecified atom stereocenters. The van der Waals surface area contributed by atoms with Gasteiger partial charge in [-0.25, -0.2) is 4.79 Å². The first-order chi connectivity index (χ1) is 12.4. The summed E-state index contributed by atoms with van der Waals surface area (Å²) in [5.74, 6) is 0.179. The van der Waals surface area contributed by atoms with E-state index in [0.717, 1.165) is 16.8 Å². The van der Waals surface area contributed by atoms with Crippen LogP contribution >= 0.6 is 0 Å². The molecule has 0 fully saturated rings. The molecule has 0 saturated heterocycles. The van der Waals surface area contributed by atoms with Crippen LogP contribution in [-0.2, 0) is 20.9 Å². The molecule has 0 aliphatic carbocycles.